The Hall–Kier alpha value is -3.34. The first-order valence-electron chi connectivity index (χ1n) is 9.51. The fourth-order valence-corrected chi connectivity index (χ4v) is 3.90. The standard InChI is InChI=1S/C24H19BrClN3O3/c1-14-9-17(10-18(13-27)23(30)28-20-6-4-5-19(25)12-20)15(2)29(14)22-11-16(24(31)32-3)7-8-21(22)26/h4-12H,1-3H3,(H,28,30)/b18-10-. The van der Waals surface area contributed by atoms with E-state index < -0.39 is 11.9 Å². The number of rotatable bonds is 5. The van der Waals surface area contributed by atoms with Crippen LogP contribution in [0.4, 0.5) is 5.69 Å². The second-order valence-electron chi connectivity index (χ2n) is 6.95. The monoisotopic (exact) mass is 511 g/mol. The molecule has 0 bridgehead atoms. The lowest BCUT2D eigenvalue weighted by molar-refractivity contribution is -0.112. The number of hydrogen-bond acceptors (Lipinski definition) is 4. The van der Waals surface area contributed by atoms with Crippen molar-refractivity contribution in [1.29, 1.82) is 5.26 Å². The topological polar surface area (TPSA) is 84.1 Å². The Balaban J connectivity index is 2.00. The quantitative estimate of drug-likeness (QED) is 0.264. The van der Waals surface area contributed by atoms with Crippen LogP contribution in [0.5, 0.6) is 0 Å². The number of halogens is 2. The molecule has 0 fully saturated rings. The zero-order valence-electron chi connectivity index (χ0n) is 17.6. The maximum absolute atomic E-state index is 12.6. The van der Waals surface area contributed by atoms with Crippen LogP contribution in [0.3, 0.4) is 0 Å². The van der Waals surface area contributed by atoms with Crippen LogP contribution in [0.2, 0.25) is 5.02 Å². The SMILES string of the molecule is COC(=O)c1ccc(Cl)c(-n2c(C)cc(/C=C(/C#N)C(=O)Nc3cccc(Br)c3)c2C)c1. The Morgan fingerprint density at radius 1 is 1.19 bits per heavy atom. The minimum Gasteiger partial charge on any atom is -0.465 e. The lowest BCUT2D eigenvalue weighted by atomic mass is 10.1. The number of nitrogens with one attached hydrogen (secondary N) is 1. The molecule has 162 valence electrons. The third kappa shape index (κ3) is 4.93. The maximum Gasteiger partial charge on any atom is 0.337 e. The van der Waals surface area contributed by atoms with Gasteiger partial charge in [-0.05, 0) is 68.0 Å². The highest BCUT2D eigenvalue weighted by molar-refractivity contribution is 9.10. The lowest BCUT2D eigenvalue weighted by Crippen LogP contribution is -2.13. The Kier molecular flexibility index (Phi) is 7.18. The molecule has 8 heteroatoms. The van der Waals surface area contributed by atoms with Gasteiger partial charge in [0.2, 0.25) is 0 Å². The smallest absolute Gasteiger partial charge is 0.337 e. The molecule has 0 saturated carbocycles. The molecular formula is C24H19BrClN3O3. The van der Waals surface area contributed by atoms with E-state index in [9.17, 15) is 14.9 Å². The lowest BCUT2D eigenvalue weighted by Gasteiger charge is -2.13. The van der Waals surface area contributed by atoms with Crippen molar-refractivity contribution in [2.45, 2.75) is 13.8 Å². The number of aryl methyl sites for hydroxylation is 1. The molecular weight excluding hydrogens is 494 g/mol. The largest absolute Gasteiger partial charge is 0.465 e. The van der Waals surface area contributed by atoms with E-state index in [2.05, 4.69) is 21.2 Å². The first kappa shape index (κ1) is 23.3. The summed E-state index contributed by atoms with van der Waals surface area (Å²) < 4.78 is 7.47. The number of amides is 1. The number of carbonyl (C=O) groups is 2. The number of benzene rings is 2. The van der Waals surface area contributed by atoms with Gasteiger partial charge in [0.15, 0.2) is 0 Å². The summed E-state index contributed by atoms with van der Waals surface area (Å²) in [7, 11) is 1.31. The Morgan fingerprint density at radius 2 is 1.94 bits per heavy atom. The number of esters is 1. The van der Waals surface area contributed by atoms with Crippen LogP contribution in [-0.4, -0.2) is 23.6 Å². The van der Waals surface area contributed by atoms with Gasteiger partial charge in [0.05, 0.1) is 23.4 Å². The van der Waals surface area contributed by atoms with Crippen molar-refractivity contribution in [2.75, 3.05) is 12.4 Å². The van der Waals surface area contributed by atoms with Crippen LogP contribution in [0.25, 0.3) is 11.8 Å². The summed E-state index contributed by atoms with van der Waals surface area (Å²) in [6, 6.07) is 15.8. The summed E-state index contributed by atoms with van der Waals surface area (Å²) in [6.45, 7) is 3.72. The zero-order chi connectivity index (χ0) is 23.4. The van der Waals surface area contributed by atoms with Crippen LogP contribution in [0.15, 0.2) is 58.6 Å². The highest BCUT2D eigenvalue weighted by Gasteiger charge is 2.17. The highest BCUT2D eigenvalue weighted by atomic mass is 79.9. The molecule has 3 aromatic rings. The number of methoxy groups -OCH3 is 1. The first-order valence-corrected chi connectivity index (χ1v) is 10.7. The maximum atomic E-state index is 12.6. The Morgan fingerprint density at radius 3 is 2.59 bits per heavy atom. The van der Waals surface area contributed by atoms with Crippen LogP contribution in [0, 0.1) is 25.2 Å². The van der Waals surface area contributed by atoms with E-state index in [1.165, 1.54) is 13.2 Å². The molecule has 0 saturated heterocycles. The molecule has 6 nitrogen and oxygen atoms in total. The minimum atomic E-state index is -0.513. The van der Waals surface area contributed by atoms with Crippen LogP contribution in [0.1, 0.15) is 27.3 Å². The van der Waals surface area contributed by atoms with Gasteiger partial charge in [0, 0.05) is 21.5 Å². The van der Waals surface area contributed by atoms with Gasteiger partial charge in [-0.1, -0.05) is 33.6 Å². The van der Waals surface area contributed by atoms with E-state index in [0.29, 0.717) is 27.5 Å². The average molecular weight is 513 g/mol. The molecule has 0 atom stereocenters. The predicted octanol–water partition coefficient (Wildman–Crippen LogP) is 5.84. The summed E-state index contributed by atoms with van der Waals surface area (Å²) in [5, 5.41) is 12.7. The number of anilines is 1. The summed E-state index contributed by atoms with van der Waals surface area (Å²) in [6.07, 6.45) is 1.53. The third-order valence-corrected chi connectivity index (χ3v) is 5.64. The van der Waals surface area contributed by atoms with Gasteiger partial charge in [-0.3, -0.25) is 4.79 Å². The van der Waals surface area contributed by atoms with Gasteiger partial charge in [0.25, 0.3) is 5.91 Å². The molecule has 1 amide bonds. The first-order chi connectivity index (χ1) is 15.2. The highest BCUT2D eigenvalue weighted by Crippen LogP contribution is 2.29. The summed E-state index contributed by atoms with van der Waals surface area (Å²) >= 11 is 9.76. The number of carbonyl (C=O) groups excluding carboxylic acids is 2. The van der Waals surface area contributed by atoms with Crippen molar-refractivity contribution in [3.63, 3.8) is 0 Å². The molecule has 3 rings (SSSR count). The van der Waals surface area contributed by atoms with Crippen molar-refractivity contribution in [2.24, 2.45) is 0 Å². The van der Waals surface area contributed by atoms with Crippen molar-refractivity contribution in [3.8, 4) is 11.8 Å². The van der Waals surface area contributed by atoms with Crippen molar-refractivity contribution < 1.29 is 14.3 Å². The van der Waals surface area contributed by atoms with E-state index in [4.69, 9.17) is 16.3 Å². The summed E-state index contributed by atoms with van der Waals surface area (Å²) in [5.74, 6) is -0.984. The Labute approximate surface area is 199 Å². The number of ether oxygens (including phenoxy) is 1. The molecule has 0 aliphatic carbocycles. The number of aromatic nitrogens is 1. The van der Waals surface area contributed by atoms with Crippen LogP contribution < -0.4 is 5.32 Å². The van der Waals surface area contributed by atoms with Crippen molar-refractivity contribution in [1.82, 2.24) is 4.57 Å². The van der Waals surface area contributed by atoms with Crippen LogP contribution >= 0.6 is 27.5 Å². The van der Waals surface area contributed by atoms with E-state index >= 15 is 0 Å². The zero-order valence-corrected chi connectivity index (χ0v) is 19.9. The van der Waals surface area contributed by atoms with E-state index in [1.807, 2.05) is 36.6 Å². The van der Waals surface area contributed by atoms with E-state index in [-0.39, 0.29) is 5.57 Å². The molecule has 0 spiro atoms. The fourth-order valence-electron chi connectivity index (χ4n) is 3.30. The van der Waals surface area contributed by atoms with E-state index in [1.54, 1.807) is 36.4 Å². The number of hydrogen-bond donors (Lipinski definition) is 1. The third-order valence-electron chi connectivity index (χ3n) is 4.83. The molecule has 2 aromatic carbocycles. The van der Waals surface area contributed by atoms with Crippen molar-refractivity contribution in [3.05, 3.63) is 86.1 Å². The summed E-state index contributed by atoms with van der Waals surface area (Å²) in [5.41, 5.74) is 3.76. The van der Waals surface area contributed by atoms with Gasteiger partial charge in [-0.15, -0.1) is 0 Å². The van der Waals surface area contributed by atoms with E-state index in [0.717, 1.165) is 15.9 Å². The van der Waals surface area contributed by atoms with Crippen molar-refractivity contribution >= 4 is 51.2 Å². The molecule has 0 aliphatic heterocycles. The van der Waals surface area contributed by atoms with Crippen LogP contribution in [-0.2, 0) is 9.53 Å². The van der Waals surface area contributed by atoms with Gasteiger partial charge in [-0.2, -0.15) is 5.26 Å². The fraction of sp³-hybridized carbons (Fsp3) is 0.125. The molecule has 0 aliphatic rings. The molecule has 1 heterocycles. The van der Waals surface area contributed by atoms with Gasteiger partial charge >= 0.3 is 5.97 Å². The minimum absolute atomic E-state index is 0.0420. The number of nitriles is 1. The Bertz CT molecular complexity index is 1290. The second kappa shape index (κ2) is 9.86. The van der Waals surface area contributed by atoms with Gasteiger partial charge < -0.3 is 14.6 Å². The summed E-state index contributed by atoms with van der Waals surface area (Å²) in [4.78, 5) is 24.6. The molecule has 0 radical (unpaired) electrons. The van der Waals surface area contributed by atoms with Gasteiger partial charge in [-0.25, -0.2) is 4.79 Å². The normalized spacial score (nSPS) is 11.1. The van der Waals surface area contributed by atoms with Gasteiger partial charge in [0.1, 0.15) is 11.6 Å². The molecule has 32 heavy (non-hydrogen) atoms. The molecule has 1 N–H and O–H groups in total. The average Bonchev–Trinajstić information content (AvgIpc) is 3.04. The predicted molar refractivity (Wildman–Crippen MR) is 128 cm³/mol. The second-order valence-corrected chi connectivity index (χ2v) is 8.28. The molecule has 1 aromatic heterocycles. The number of nitrogens with zero attached hydrogens (tertiary/aromatic N) is 2. The molecule has 0 unspecified atom stereocenters.